The Labute approximate surface area is 118 Å². The van der Waals surface area contributed by atoms with Crippen LogP contribution in [0.3, 0.4) is 0 Å². The molecule has 0 saturated carbocycles. The van der Waals surface area contributed by atoms with Crippen LogP contribution in [0.5, 0.6) is 0 Å². The van der Waals surface area contributed by atoms with Crippen LogP contribution in [-0.2, 0) is 10.9 Å². The molecule has 0 aromatic heterocycles. The van der Waals surface area contributed by atoms with Crippen molar-refractivity contribution in [2.75, 3.05) is 18.5 Å². The highest BCUT2D eigenvalue weighted by Gasteiger charge is 2.34. The molecule has 1 aromatic carbocycles. The van der Waals surface area contributed by atoms with Gasteiger partial charge in [-0.15, -0.1) is 0 Å². The van der Waals surface area contributed by atoms with E-state index in [0.717, 1.165) is 12.5 Å². The highest BCUT2D eigenvalue weighted by Crippen LogP contribution is 2.37. The van der Waals surface area contributed by atoms with Gasteiger partial charge in [-0.2, -0.15) is 13.2 Å². The maximum atomic E-state index is 12.9. The molecule has 106 valence electrons. The number of rotatable bonds is 3. The van der Waals surface area contributed by atoms with Gasteiger partial charge in [0.1, 0.15) is 0 Å². The minimum atomic E-state index is -4.35. The summed E-state index contributed by atoms with van der Waals surface area (Å²) in [5.74, 6) is 0.250. The third-order valence-electron chi connectivity index (χ3n) is 3.34. The fraction of sp³-hybridized carbons (Fsp3) is 0.538. The summed E-state index contributed by atoms with van der Waals surface area (Å²) in [6, 6.07) is 3.90. The Balaban J connectivity index is 2.20. The molecule has 0 bridgehead atoms. The Morgan fingerprint density at radius 3 is 2.74 bits per heavy atom. The molecule has 2 rings (SSSR count). The number of halogens is 4. The molecule has 2 atom stereocenters. The molecule has 1 N–H and O–H groups in total. The molecule has 6 heteroatoms. The molecule has 0 aliphatic carbocycles. The average molecular weight is 338 g/mol. The van der Waals surface area contributed by atoms with E-state index in [1.807, 2.05) is 6.92 Å². The minimum absolute atomic E-state index is 0.0575. The van der Waals surface area contributed by atoms with Crippen molar-refractivity contribution in [3.05, 3.63) is 28.2 Å². The summed E-state index contributed by atoms with van der Waals surface area (Å²) < 4.78 is 44.7. The van der Waals surface area contributed by atoms with E-state index in [-0.39, 0.29) is 17.6 Å². The highest BCUT2D eigenvalue weighted by atomic mass is 79.9. The van der Waals surface area contributed by atoms with Crippen LogP contribution in [0.25, 0.3) is 0 Å². The van der Waals surface area contributed by atoms with E-state index in [4.69, 9.17) is 4.74 Å². The molecular formula is C13H15BrF3NO. The molecule has 0 spiro atoms. The van der Waals surface area contributed by atoms with Crippen LogP contribution in [0, 0.1) is 5.92 Å². The summed E-state index contributed by atoms with van der Waals surface area (Å²) in [6.45, 7) is 3.17. The van der Waals surface area contributed by atoms with Crippen molar-refractivity contribution < 1.29 is 17.9 Å². The zero-order valence-corrected chi connectivity index (χ0v) is 12.0. The van der Waals surface area contributed by atoms with E-state index in [1.54, 1.807) is 0 Å². The molecule has 1 aliphatic heterocycles. The fourth-order valence-electron chi connectivity index (χ4n) is 2.19. The number of hydrogen-bond donors (Lipinski definition) is 1. The minimum Gasteiger partial charge on any atom is -0.382 e. The second kappa shape index (κ2) is 5.71. The SMILES string of the molecule is CC(Nc1cc(Br)ccc1C(F)(F)F)C1CCOC1. The van der Waals surface area contributed by atoms with Crippen molar-refractivity contribution in [3.8, 4) is 0 Å². The van der Waals surface area contributed by atoms with Crippen LogP contribution in [0.2, 0.25) is 0 Å². The summed E-state index contributed by atoms with van der Waals surface area (Å²) >= 11 is 3.20. The number of anilines is 1. The molecule has 1 aliphatic rings. The van der Waals surface area contributed by atoms with Gasteiger partial charge in [-0.3, -0.25) is 0 Å². The number of ether oxygens (including phenoxy) is 1. The van der Waals surface area contributed by atoms with Gasteiger partial charge < -0.3 is 10.1 Å². The first-order valence-corrected chi connectivity index (χ1v) is 6.88. The molecule has 1 saturated heterocycles. The Morgan fingerprint density at radius 1 is 1.42 bits per heavy atom. The Kier molecular flexibility index (Phi) is 4.40. The van der Waals surface area contributed by atoms with Crippen LogP contribution in [0.4, 0.5) is 18.9 Å². The van der Waals surface area contributed by atoms with Gasteiger partial charge >= 0.3 is 6.18 Å². The smallest absolute Gasteiger partial charge is 0.382 e. The van der Waals surface area contributed by atoms with Crippen molar-refractivity contribution in [3.63, 3.8) is 0 Å². The van der Waals surface area contributed by atoms with Gasteiger partial charge in [-0.25, -0.2) is 0 Å². The van der Waals surface area contributed by atoms with Crippen molar-refractivity contribution in [2.24, 2.45) is 5.92 Å². The van der Waals surface area contributed by atoms with E-state index < -0.39 is 11.7 Å². The van der Waals surface area contributed by atoms with Crippen molar-refractivity contribution in [2.45, 2.75) is 25.6 Å². The molecule has 2 nitrogen and oxygen atoms in total. The van der Waals surface area contributed by atoms with Crippen LogP contribution in [-0.4, -0.2) is 19.3 Å². The third-order valence-corrected chi connectivity index (χ3v) is 3.84. The van der Waals surface area contributed by atoms with Crippen LogP contribution in [0.1, 0.15) is 18.9 Å². The Hall–Kier alpha value is -0.750. The zero-order valence-electron chi connectivity index (χ0n) is 10.4. The fourth-order valence-corrected chi connectivity index (χ4v) is 2.55. The second-order valence-electron chi connectivity index (χ2n) is 4.74. The molecule has 1 heterocycles. The molecule has 1 fully saturated rings. The normalized spacial score (nSPS) is 21.4. The summed E-state index contributed by atoms with van der Waals surface area (Å²) in [6.07, 6.45) is -3.47. The average Bonchev–Trinajstić information content (AvgIpc) is 2.80. The number of nitrogens with one attached hydrogen (secondary N) is 1. The van der Waals surface area contributed by atoms with E-state index in [0.29, 0.717) is 17.7 Å². The van der Waals surface area contributed by atoms with Crippen LogP contribution in [0.15, 0.2) is 22.7 Å². The molecular weight excluding hydrogens is 323 g/mol. The van der Waals surface area contributed by atoms with Crippen molar-refractivity contribution in [1.82, 2.24) is 0 Å². The standard InChI is InChI=1S/C13H15BrF3NO/c1-8(9-4-5-19-7-9)18-12-6-10(14)2-3-11(12)13(15,16)17/h2-3,6,8-9,18H,4-5,7H2,1H3. The maximum Gasteiger partial charge on any atom is 0.418 e. The molecule has 1 aromatic rings. The monoisotopic (exact) mass is 337 g/mol. The first kappa shape index (κ1) is 14.7. The number of alkyl halides is 3. The van der Waals surface area contributed by atoms with Crippen LogP contribution >= 0.6 is 15.9 Å². The van der Waals surface area contributed by atoms with E-state index >= 15 is 0 Å². The topological polar surface area (TPSA) is 21.3 Å². The van der Waals surface area contributed by atoms with Gasteiger partial charge in [0.15, 0.2) is 0 Å². The predicted molar refractivity (Wildman–Crippen MR) is 71.2 cm³/mol. The van der Waals surface area contributed by atoms with Gasteiger partial charge in [-0.1, -0.05) is 15.9 Å². The molecule has 0 radical (unpaired) electrons. The van der Waals surface area contributed by atoms with Gasteiger partial charge in [0.2, 0.25) is 0 Å². The van der Waals surface area contributed by atoms with Gasteiger partial charge in [-0.05, 0) is 31.5 Å². The lowest BCUT2D eigenvalue weighted by atomic mass is 10.00. The summed E-state index contributed by atoms with van der Waals surface area (Å²) in [5.41, 5.74) is -0.525. The lowest BCUT2D eigenvalue weighted by Gasteiger charge is -2.23. The Bertz CT molecular complexity index is 444. The molecule has 2 unspecified atom stereocenters. The first-order valence-electron chi connectivity index (χ1n) is 6.09. The maximum absolute atomic E-state index is 12.9. The van der Waals surface area contributed by atoms with Crippen LogP contribution < -0.4 is 5.32 Å². The highest BCUT2D eigenvalue weighted by molar-refractivity contribution is 9.10. The quantitative estimate of drug-likeness (QED) is 0.887. The Morgan fingerprint density at radius 2 is 2.16 bits per heavy atom. The molecule has 19 heavy (non-hydrogen) atoms. The molecule has 0 amide bonds. The van der Waals surface area contributed by atoms with Gasteiger partial charge in [0.05, 0.1) is 12.2 Å². The third kappa shape index (κ3) is 3.63. The van der Waals surface area contributed by atoms with Crippen molar-refractivity contribution >= 4 is 21.6 Å². The second-order valence-corrected chi connectivity index (χ2v) is 5.66. The zero-order chi connectivity index (χ0) is 14.0. The largest absolute Gasteiger partial charge is 0.418 e. The van der Waals surface area contributed by atoms with Gasteiger partial charge in [0.25, 0.3) is 0 Å². The van der Waals surface area contributed by atoms with Gasteiger partial charge in [0, 0.05) is 28.7 Å². The first-order chi connectivity index (χ1) is 8.88. The van der Waals surface area contributed by atoms with E-state index in [1.165, 1.54) is 12.1 Å². The predicted octanol–water partition coefficient (Wildman–Crippen LogP) is 4.30. The summed E-state index contributed by atoms with van der Waals surface area (Å²) in [7, 11) is 0. The summed E-state index contributed by atoms with van der Waals surface area (Å²) in [4.78, 5) is 0. The number of benzene rings is 1. The van der Waals surface area contributed by atoms with Crippen molar-refractivity contribution in [1.29, 1.82) is 0 Å². The lowest BCUT2D eigenvalue weighted by Crippen LogP contribution is -2.27. The van der Waals surface area contributed by atoms with E-state index in [9.17, 15) is 13.2 Å². The summed E-state index contributed by atoms with van der Waals surface area (Å²) in [5, 5.41) is 2.97. The lowest BCUT2D eigenvalue weighted by molar-refractivity contribution is -0.137. The number of hydrogen-bond acceptors (Lipinski definition) is 2. The van der Waals surface area contributed by atoms with E-state index in [2.05, 4.69) is 21.2 Å².